The fourth-order valence-corrected chi connectivity index (χ4v) is 1.79. The van der Waals surface area contributed by atoms with Gasteiger partial charge in [0.2, 0.25) is 0 Å². The summed E-state index contributed by atoms with van der Waals surface area (Å²) in [6, 6.07) is 0. The van der Waals surface area contributed by atoms with Crippen LogP contribution in [0.1, 0.15) is 31.5 Å². The first-order valence-corrected chi connectivity index (χ1v) is 6.06. The molecule has 1 heterocycles. The number of nitrogens with zero attached hydrogens (tertiary/aromatic N) is 2. The lowest BCUT2D eigenvalue weighted by Gasteiger charge is -2.07. The maximum absolute atomic E-state index is 5.00. The summed E-state index contributed by atoms with van der Waals surface area (Å²) in [5.41, 5.74) is 2.69. The van der Waals surface area contributed by atoms with Crippen molar-refractivity contribution in [2.45, 2.75) is 39.8 Å². The second-order valence-corrected chi connectivity index (χ2v) is 3.85. The monoisotopic (exact) mass is 225 g/mol. The van der Waals surface area contributed by atoms with Crippen LogP contribution in [0.2, 0.25) is 0 Å². The lowest BCUT2D eigenvalue weighted by Crippen LogP contribution is -2.19. The standard InChI is InChI=1S/C12H23N3O/c1-4-6-12-11(9-13-7-8-16-3)10-14-15(12)5-2/h10,13H,4-9H2,1-3H3. The Labute approximate surface area is 98.0 Å². The number of aryl methyl sites for hydroxylation is 1. The molecule has 0 aromatic carbocycles. The molecule has 4 heteroatoms. The zero-order valence-corrected chi connectivity index (χ0v) is 10.6. The van der Waals surface area contributed by atoms with Crippen molar-refractivity contribution in [3.05, 3.63) is 17.5 Å². The van der Waals surface area contributed by atoms with E-state index in [9.17, 15) is 0 Å². The number of hydrogen-bond acceptors (Lipinski definition) is 3. The van der Waals surface area contributed by atoms with Crippen LogP contribution >= 0.6 is 0 Å². The molecular weight excluding hydrogens is 202 g/mol. The third-order valence-electron chi connectivity index (χ3n) is 2.62. The SMILES string of the molecule is CCCc1c(CNCCOC)cnn1CC. The first-order chi connectivity index (χ1) is 7.83. The van der Waals surface area contributed by atoms with Gasteiger partial charge in [-0.1, -0.05) is 13.3 Å². The van der Waals surface area contributed by atoms with Crippen LogP contribution in [0.3, 0.4) is 0 Å². The Bertz CT molecular complexity index is 296. The molecule has 0 fully saturated rings. The van der Waals surface area contributed by atoms with Crippen LogP contribution in [-0.4, -0.2) is 30.0 Å². The van der Waals surface area contributed by atoms with E-state index in [-0.39, 0.29) is 0 Å². The van der Waals surface area contributed by atoms with Gasteiger partial charge in [0.15, 0.2) is 0 Å². The van der Waals surface area contributed by atoms with Crippen molar-refractivity contribution in [2.24, 2.45) is 0 Å². The van der Waals surface area contributed by atoms with Gasteiger partial charge in [0.05, 0.1) is 12.8 Å². The fraction of sp³-hybridized carbons (Fsp3) is 0.750. The Morgan fingerprint density at radius 2 is 2.25 bits per heavy atom. The van der Waals surface area contributed by atoms with Gasteiger partial charge in [-0.05, 0) is 13.3 Å². The molecule has 4 nitrogen and oxygen atoms in total. The van der Waals surface area contributed by atoms with Crippen LogP contribution in [0.25, 0.3) is 0 Å². The zero-order valence-electron chi connectivity index (χ0n) is 10.6. The molecule has 0 spiro atoms. The largest absolute Gasteiger partial charge is 0.383 e. The summed E-state index contributed by atoms with van der Waals surface area (Å²) in [4.78, 5) is 0. The Morgan fingerprint density at radius 3 is 2.88 bits per heavy atom. The van der Waals surface area contributed by atoms with E-state index in [0.717, 1.165) is 39.1 Å². The molecule has 0 amide bonds. The predicted octanol–water partition coefficient (Wildman–Crippen LogP) is 1.59. The number of aromatic nitrogens is 2. The number of ether oxygens (including phenoxy) is 1. The quantitative estimate of drug-likeness (QED) is 0.683. The maximum atomic E-state index is 5.00. The highest BCUT2D eigenvalue weighted by Crippen LogP contribution is 2.10. The van der Waals surface area contributed by atoms with Crippen molar-refractivity contribution in [3.63, 3.8) is 0 Å². The normalized spacial score (nSPS) is 10.9. The van der Waals surface area contributed by atoms with E-state index in [1.54, 1.807) is 7.11 Å². The predicted molar refractivity (Wildman–Crippen MR) is 65.5 cm³/mol. The molecule has 1 rings (SSSR count). The fourth-order valence-electron chi connectivity index (χ4n) is 1.79. The summed E-state index contributed by atoms with van der Waals surface area (Å²) in [5.74, 6) is 0. The second-order valence-electron chi connectivity index (χ2n) is 3.85. The lowest BCUT2D eigenvalue weighted by atomic mass is 10.1. The minimum atomic E-state index is 0.755. The number of nitrogens with one attached hydrogen (secondary N) is 1. The molecule has 0 saturated heterocycles. The van der Waals surface area contributed by atoms with Crippen molar-refractivity contribution in [3.8, 4) is 0 Å². The zero-order chi connectivity index (χ0) is 11.8. The van der Waals surface area contributed by atoms with Gasteiger partial charge in [-0.15, -0.1) is 0 Å². The van der Waals surface area contributed by atoms with Gasteiger partial charge >= 0.3 is 0 Å². The molecule has 0 aliphatic rings. The molecule has 1 aromatic heterocycles. The number of rotatable bonds is 8. The average molecular weight is 225 g/mol. The van der Waals surface area contributed by atoms with Crippen molar-refractivity contribution < 1.29 is 4.74 Å². The summed E-state index contributed by atoms with van der Waals surface area (Å²) < 4.78 is 7.09. The third-order valence-corrected chi connectivity index (χ3v) is 2.62. The first kappa shape index (κ1) is 13.2. The third kappa shape index (κ3) is 3.61. The highest BCUT2D eigenvalue weighted by molar-refractivity contribution is 5.17. The molecule has 0 atom stereocenters. The van der Waals surface area contributed by atoms with Gasteiger partial charge < -0.3 is 10.1 Å². The topological polar surface area (TPSA) is 39.1 Å². The summed E-state index contributed by atoms with van der Waals surface area (Å²) >= 11 is 0. The molecule has 1 aromatic rings. The van der Waals surface area contributed by atoms with E-state index in [1.807, 2.05) is 6.20 Å². The molecule has 0 unspecified atom stereocenters. The van der Waals surface area contributed by atoms with Gasteiger partial charge in [0.25, 0.3) is 0 Å². The molecular formula is C12H23N3O. The minimum Gasteiger partial charge on any atom is -0.383 e. The van der Waals surface area contributed by atoms with Crippen LogP contribution in [0.4, 0.5) is 0 Å². The summed E-state index contributed by atoms with van der Waals surface area (Å²) in [6.07, 6.45) is 4.25. The van der Waals surface area contributed by atoms with Crippen molar-refractivity contribution >= 4 is 0 Å². The smallest absolute Gasteiger partial charge is 0.0587 e. The van der Waals surface area contributed by atoms with Crippen molar-refractivity contribution in [1.82, 2.24) is 15.1 Å². The Hall–Kier alpha value is -0.870. The molecule has 0 aliphatic carbocycles. The van der Waals surface area contributed by atoms with E-state index in [1.165, 1.54) is 11.3 Å². The highest BCUT2D eigenvalue weighted by atomic mass is 16.5. The van der Waals surface area contributed by atoms with E-state index in [2.05, 4.69) is 28.9 Å². The number of methoxy groups -OCH3 is 1. The van der Waals surface area contributed by atoms with Gasteiger partial charge in [-0.3, -0.25) is 4.68 Å². The molecule has 16 heavy (non-hydrogen) atoms. The van der Waals surface area contributed by atoms with Crippen LogP contribution in [-0.2, 0) is 24.2 Å². The molecule has 0 aliphatic heterocycles. The molecule has 0 bridgehead atoms. The summed E-state index contributed by atoms with van der Waals surface area (Å²) in [6.45, 7) is 7.82. The molecule has 0 radical (unpaired) electrons. The molecule has 92 valence electrons. The minimum absolute atomic E-state index is 0.755. The average Bonchev–Trinajstić information content (AvgIpc) is 2.68. The van der Waals surface area contributed by atoms with Gasteiger partial charge in [0.1, 0.15) is 0 Å². The van der Waals surface area contributed by atoms with Crippen LogP contribution in [0.5, 0.6) is 0 Å². The maximum Gasteiger partial charge on any atom is 0.0587 e. The summed E-state index contributed by atoms with van der Waals surface area (Å²) in [7, 11) is 1.72. The molecule has 0 saturated carbocycles. The van der Waals surface area contributed by atoms with Crippen molar-refractivity contribution in [2.75, 3.05) is 20.3 Å². The van der Waals surface area contributed by atoms with E-state index in [0.29, 0.717) is 0 Å². The van der Waals surface area contributed by atoms with Gasteiger partial charge in [-0.2, -0.15) is 5.10 Å². The summed E-state index contributed by atoms with van der Waals surface area (Å²) in [5, 5.41) is 7.76. The lowest BCUT2D eigenvalue weighted by molar-refractivity contribution is 0.199. The van der Waals surface area contributed by atoms with Crippen molar-refractivity contribution in [1.29, 1.82) is 0 Å². The van der Waals surface area contributed by atoms with Gasteiger partial charge in [-0.25, -0.2) is 0 Å². The van der Waals surface area contributed by atoms with Crippen LogP contribution < -0.4 is 5.32 Å². The first-order valence-electron chi connectivity index (χ1n) is 6.06. The Morgan fingerprint density at radius 1 is 1.44 bits per heavy atom. The van der Waals surface area contributed by atoms with E-state index < -0.39 is 0 Å². The van der Waals surface area contributed by atoms with Crippen LogP contribution in [0.15, 0.2) is 6.20 Å². The molecule has 1 N–H and O–H groups in total. The van der Waals surface area contributed by atoms with E-state index in [4.69, 9.17) is 4.74 Å². The van der Waals surface area contributed by atoms with Crippen LogP contribution in [0, 0.1) is 0 Å². The Kier molecular flexibility index (Phi) is 6.11. The Balaban J connectivity index is 2.53. The van der Waals surface area contributed by atoms with E-state index >= 15 is 0 Å². The highest BCUT2D eigenvalue weighted by Gasteiger charge is 2.07. The second kappa shape index (κ2) is 7.41. The van der Waals surface area contributed by atoms with Gasteiger partial charge in [0, 0.05) is 38.0 Å². The number of hydrogen-bond donors (Lipinski definition) is 1.